The van der Waals surface area contributed by atoms with E-state index >= 15 is 0 Å². The second-order valence-electron chi connectivity index (χ2n) is 5.07. The number of ether oxygens (including phenoxy) is 2. The Morgan fingerprint density at radius 1 is 1.15 bits per heavy atom. The fourth-order valence-electron chi connectivity index (χ4n) is 2.50. The van der Waals surface area contributed by atoms with Crippen LogP contribution in [0.3, 0.4) is 0 Å². The summed E-state index contributed by atoms with van der Waals surface area (Å²) >= 11 is 6.17. The quantitative estimate of drug-likeness (QED) is 0.765. The minimum atomic E-state index is 0.264. The van der Waals surface area contributed by atoms with Crippen molar-refractivity contribution in [3.63, 3.8) is 0 Å². The zero-order valence-electron chi connectivity index (χ0n) is 11.6. The van der Waals surface area contributed by atoms with Gasteiger partial charge in [-0.25, -0.2) is 4.98 Å². The summed E-state index contributed by atoms with van der Waals surface area (Å²) in [4.78, 5) is 13.4. The smallest absolute Gasteiger partial charge is 0.229 e. The van der Waals surface area contributed by atoms with Crippen LogP contribution < -0.4 is 9.80 Å². The SMILES string of the molecule is CC1COCCN1c1nc(Cl)cc(N2CCOCC2)n1. The van der Waals surface area contributed by atoms with E-state index in [9.17, 15) is 0 Å². The molecule has 110 valence electrons. The van der Waals surface area contributed by atoms with E-state index in [1.165, 1.54) is 0 Å². The minimum Gasteiger partial charge on any atom is -0.378 e. The number of aromatic nitrogens is 2. The molecule has 20 heavy (non-hydrogen) atoms. The van der Waals surface area contributed by atoms with Gasteiger partial charge in [0.05, 0.1) is 32.5 Å². The molecule has 1 atom stereocenters. The Morgan fingerprint density at radius 3 is 2.65 bits per heavy atom. The molecule has 0 saturated carbocycles. The van der Waals surface area contributed by atoms with Gasteiger partial charge in [0.25, 0.3) is 0 Å². The summed E-state index contributed by atoms with van der Waals surface area (Å²) < 4.78 is 10.8. The molecule has 2 fully saturated rings. The average molecular weight is 299 g/mol. The van der Waals surface area contributed by atoms with Crippen LogP contribution in [0.4, 0.5) is 11.8 Å². The molecule has 0 radical (unpaired) electrons. The molecule has 0 spiro atoms. The topological polar surface area (TPSA) is 50.7 Å². The first-order valence-corrected chi connectivity index (χ1v) is 7.33. The van der Waals surface area contributed by atoms with Crippen LogP contribution in [0.5, 0.6) is 0 Å². The van der Waals surface area contributed by atoms with Crippen LogP contribution >= 0.6 is 11.6 Å². The molecule has 2 aliphatic heterocycles. The number of nitrogens with zero attached hydrogens (tertiary/aromatic N) is 4. The van der Waals surface area contributed by atoms with Crippen LogP contribution in [0, 0.1) is 0 Å². The first-order chi connectivity index (χ1) is 9.74. The Balaban J connectivity index is 1.85. The van der Waals surface area contributed by atoms with E-state index in [1.807, 2.05) is 6.07 Å². The molecular formula is C13H19ClN4O2. The lowest BCUT2D eigenvalue weighted by Gasteiger charge is -2.34. The number of anilines is 2. The van der Waals surface area contributed by atoms with Gasteiger partial charge in [0.2, 0.25) is 5.95 Å². The standard InChI is InChI=1S/C13H19ClN4O2/c1-10-9-20-7-4-18(10)13-15-11(14)8-12(16-13)17-2-5-19-6-3-17/h8,10H,2-7,9H2,1H3. The van der Waals surface area contributed by atoms with Crippen molar-refractivity contribution in [1.82, 2.24) is 9.97 Å². The maximum Gasteiger partial charge on any atom is 0.229 e. The van der Waals surface area contributed by atoms with E-state index in [-0.39, 0.29) is 6.04 Å². The maximum absolute atomic E-state index is 6.17. The van der Waals surface area contributed by atoms with Gasteiger partial charge < -0.3 is 19.3 Å². The molecule has 0 aliphatic carbocycles. The van der Waals surface area contributed by atoms with Gasteiger partial charge >= 0.3 is 0 Å². The van der Waals surface area contributed by atoms with Crippen LogP contribution in [0.1, 0.15) is 6.92 Å². The van der Waals surface area contributed by atoms with E-state index in [0.29, 0.717) is 24.3 Å². The number of hydrogen-bond acceptors (Lipinski definition) is 6. The summed E-state index contributed by atoms with van der Waals surface area (Å²) in [5.74, 6) is 1.57. The summed E-state index contributed by atoms with van der Waals surface area (Å²) in [6.45, 7) is 7.43. The molecule has 0 aromatic carbocycles. The Bertz CT molecular complexity index is 468. The first kappa shape index (κ1) is 13.9. The van der Waals surface area contributed by atoms with E-state index in [0.717, 1.165) is 38.7 Å². The average Bonchev–Trinajstić information content (AvgIpc) is 2.48. The lowest BCUT2D eigenvalue weighted by atomic mass is 10.3. The summed E-state index contributed by atoms with van der Waals surface area (Å²) in [6, 6.07) is 2.08. The van der Waals surface area contributed by atoms with E-state index in [2.05, 4.69) is 26.7 Å². The highest BCUT2D eigenvalue weighted by atomic mass is 35.5. The van der Waals surface area contributed by atoms with Crippen molar-refractivity contribution < 1.29 is 9.47 Å². The molecule has 2 saturated heterocycles. The predicted molar refractivity (Wildman–Crippen MR) is 77.7 cm³/mol. The number of morpholine rings is 2. The molecule has 3 rings (SSSR count). The molecule has 1 aromatic heterocycles. The van der Waals surface area contributed by atoms with Crippen LogP contribution in [-0.4, -0.2) is 62.1 Å². The minimum absolute atomic E-state index is 0.264. The Morgan fingerprint density at radius 2 is 1.90 bits per heavy atom. The van der Waals surface area contributed by atoms with Crippen LogP contribution in [-0.2, 0) is 9.47 Å². The van der Waals surface area contributed by atoms with Gasteiger partial charge in [0, 0.05) is 25.7 Å². The lowest BCUT2D eigenvalue weighted by molar-refractivity contribution is 0.0980. The molecule has 0 N–H and O–H groups in total. The summed E-state index contributed by atoms with van der Waals surface area (Å²) in [5, 5.41) is 0.482. The monoisotopic (exact) mass is 298 g/mol. The zero-order chi connectivity index (χ0) is 13.9. The van der Waals surface area contributed by atoms with Gasteiger partial charge in [-0.1, -0.05) is 11.6 Å². The Hall–Kier alpha value is -1.11. The molecule has 1 aromatic rings. The first-order valence-electron chi connectivity index (χ1n) is 6.96. The molecule has 1 unspecified atom stereocenters. The molecular weight excluding hydrogens is 280 g/mol. The summed E-state index contributed by atoms with van der Waals surface area (Å²) in [5.41, 5.74) is 0. The fourth-order valence-corrected chi connectivity index (χ4v) is 2.67. The molecule has 0 bridgehead atoms. The maximum atomic E-state index is 6.17. The van der Waals surface area contributed by atoms with Gasteiger partial charge in [-0.15, -0.1) is 0 Å². The van der Waals surface area contributed by atoms with Gasteiger partial charge in [-0.05, 0) is 6.92 Å². The molecule has 3 heterocycles. The molecule has 6 nitrogen and oxygen atoms in total. The van der Waals surface area contributed by atoms with Crippen molar-refractivity contribution in [2.45, 2.75) is 13.0 Å². The van der Waals surface area contributed by atoms with Crippen molar-refractivity contribution in [1.29, 1.82) is 0 Å². The second kappa shape index (κ2) is 6.11. The van der Waals surface area contributed by atoms with Gasteiger partial charge in [-0.2, -0.15) is 4.98 Å². The second-order valence-corrected chi connectivity index (χ2v) is 5.45. The highest BCUT2D eigenvalue weighted by Gasteiger charge is 2.23. The number of halogens is 1. The number of rotatable bonds is 2. The van der Waals surface area contributed by atoms with Crippen molar-refractivity contribution in [2.24, 2.45) is 0 Å². The summed E-state index contributed by atoms with van der Waals surface area (Å²) in [6.07, 6.45) is 0. The highest BCUT2D eigenvalue weighted by molar-refractivity contribution is 6.29. The largest absolute Gasteiger partial charge is 0.378 e. The van der Waals surface area contributed by atoms with Gasteiger partial charge in [-0.3, -0.25) is 0 Å². The Kier molecular flexibility index (Phi) is 4.24. The van der Waals surface area contributed by atoms with Gasteiger partial charge in [0.1, 0.15) is 11.0 Å². The molecule has 0 amide bonds. The van der Waals surface area contributed by atoms with Crippen LogP contribution in [0.15, 0.2) is 6.07 Å². The van der Waals surface area contributed by atoms with Crippen molar-refractivity contribution in [3.05, 3.63) is 11.2 Å². The van der Waals surface area contributed by atoms with Crippen LogP contribution in [0.2, 0.25) is 5.15 Å². The van der Waals surface area contributed by atoms with Crippen molar-refractivity contribution in [2.75, 3.05) is 55.9 Å². The van der Waals surface area contributed by atoms with Crippen LogP contribution in [0.25, 0.3) is 0 Å². The van der Waals surface area contributed by atoms with E-state index in [1.54, 1.807) is 0 Å². The third kappa shape index (κ3) is 2.97. The fraction of sp³-hybridized carbons (Fsp3) is 0.692. The van der Waals surface area contributed by atoms with E-state index < -0.39 is 0 Å². The van der Waals surface area contributed by atoms with Crippen molar-refractivity contribution >= 4 is 23.4 Å². The van der Waals surface area contributed by atoms with E-state index in [4.69, 9.17) is 21.1 Å². The third-order valence-corrected chi connectivity index (χ3v) is 3.82. The number of hydrogen-bond donors (Lipinski definition) is 0. The third-order valence-electron chi connectivity index (χ3n) is 3.63. The Labute approximate surface area is 123 Å². The highest BCUT2D eigenvalue weighted by Crippen LogP contribution is 2.23. The summed E-state index contributed by atoms with van der Waals surface area (Å²) in [7, 11) is 0. The normalized spacial score (nSPS) is 24.0. The zero-order valence-corrected chi connectivity index (χ0v) is 12.3. The molecule has 2 aliphatic rings. The van der Waals surface area contributed by atoms with Crippen molar-refractivity contribution in [3.8, 4) is 0 Å². The predicted octanol–water partition coefficient (Wildman–Crippen LogP) is 1.19. The van der Waals surface area contributed by atoms with Gasteiger partial charge in [0.15, 0.2) is 0 Å². The lowest BCUT2D eigenvalue weighted by Crippen LogP contribution is -2.45. The molecule has 7 heteroatoms.